The van der Waals surface area contributed by atoms with Gasteiger partial charge in [-0.1, -0.05) is 0 Å². The number of benzene rings is 1. The molecule has 0 saturated heterocycles. The number of carbonyl (C=O) groups excluding carboxylic acids is 1. The first kappa shape index (κ1) is 17.7. The van der Waals surface area contributed by atoms with E-state index in [0.29, 0.717) is 18.0 Å². The second-order valence-electron chi connectivity index (χ2n) is 5.19. The highest BCUT2D eigenvalue weighted by Gasteiger charge is 2.30. The molecule has 0 aliphatic carbocycles. The standard InChI is InChI=1S/C16H17F3N2O3/c1-11-3-6-14(23-11)10-21(2)15(22)9-20-12-4-7-13(8-5-12)24-16(17,18)19/h3-8,20H,9-10H2,1-2H3. The molecule has 0 radical (unpaired) electrons. The summed E-state index contributed by atoms with van der Waals surface area (Å²) in [4.78, 5) is 13.5. The normalized spacial score (nSPS) is 11.2. The molecular weight excluding hydrogens is 325 g/mol. The highest BCUT2D eigenvalue weighted by Crippen LogP contribution is 2.23. The van der Waals surface area contributed by atoms with Crippen LogP contribution in [0, 0.1) is 6.92 Å². The number of amides is 1. The summed E-state index contributed by atoms with van der Waals surface area (Å²) in [5.41, 5.74) is 0.514. The summed E-state index contributed by atoms with van der Waals surface area (Å²) in [5.74, 6) is 0.950. The third-order valence-electron chi connectivity index (χ3n) is 3.15. The quantitative estimate of drug-likeness (QED) is 0.872. The summed E-state index contributed by atoms with van der Waals surface area (Å²) in [6.45, 7) is 2.17. The molecule has 0 fully saturated rings. The maximum absolute atomic E-state index is 12.1. The Morgan fingerprint density at radius 3 is 2.42 bits per heavy atom. The molecule has 0 saturated carbocycles. The molecule has 130 valence electrons. The van der Waals surface area contributed by atoms with Crippen LogP contribution in [0.25, 0.3) is 0 Å². The lowest BCUT2D eigenvalue weighted by Gasteiger charge is -2.16. The molecule has 0 bridgehead atoms. The third-order valence-corrected chi connectivity index (χ3v) is 3.15. The van der Waals surface area contributed by atoms with Crippen molar-refractivity contribution in [3.63, 3.8) is 0 Å². The number of alkyl halides is 3. The van der Waals surface area contributed by atoms with Gasteiger partial charge in [0.05, 0.1) is 13.1 Å². The number of hydrogen-bond donors (Lipinski definition) is 1. The second-order valence-corrected chi connectivity index (χ2v) is 5.19. The highest BCUT2D eigenvalue weighted by atomic mass is 19.4. The van der Waals surface area contributed by atoms with Crippen molar-refractivity contribution in [3.05, 3.63) is 47.9 Å². The molecule has 24 heavy (non-hydrogen) atoms. The third kappa shape index (κ3) is 5.53. The second kappa shape index (κ2) is 7.29. The van der Waals surface area contributed by atoms with Crippen molar-refractivity contribution in [3.8, 4) is 5.75 Å². The molecule has 0 atom stereocenters. The Morgan fingerprint density at radius 1 is 1.21 bits per heavy atom. The van der Waals surface area contributed by atoms with Crippen LogP contribution in [-0.2, 0) is 11.3 Å². The van der Waals surface area contributed by atoms with Gasteiger partial charge < -0.3 is 19.4 Å². The fourth-order valence-corrected chi connectivity index (χ4v) is 1.98. The molecule has 1 amide bonds. The fraction of sp³-hybridized carbons (Fsp3) is 0.312. The summed E-state index contributed by atoms with van der Waals surface area (Å²) in [5, 5.41) is 2.85. The monoisotopic (exact) mass is 342 g/mol. The molecule has 8 heteroatoms. The number of likely N-dealkylation sites (N-methyl/N-ethyl adjacent to an activating group) is 1. The number of ether oxygens (including phenoxy) is 1. The predicted molar refractivity (Wildman–Crippen MR) is 81.5 cm³/mol. The van der Waals surface area contributed by atoms with E-state index >= 15 is 0 Å². The Bertz CT molecular complexity index is 681. The van der Waals surface area contributed by atoms with Crippen LogP contribution in [0.2, 0.25) is 0 Å². The van der Waals surface area contributed by atoms with Crippen LogP contribution in [0.3, 0.4) is 0 Å². The Morgan fingerprint density at radius 2 is 1.88 bits per heavy atom. The van der Waals surface area contributed by atoms with Crippen molar-refractivity contribution in [2.24, 2.45) is 0 Å². The van der Waals surface area contributed by atoms with E-state index in [1.165, 1.54) is 29.2 Å². The van der Waals surface area contributed by atoms with Crippen molar-refractivity contribution in [2.75, 3.05) is 18.9 Å². The van der Waals surface area contributed by atoms with Gasteiger partial charge in [-0.25, -0.2) is 0 Å². The van der Waals surface area contributed by atoms with Crippen LogP contribution in [0.15, 0.2) is 40.8 Å². The first-order chi connectivity index (χ1) is 11.2. The zero-order valence-electron chi connectivity index (χ0n) is 13.2. The van der Waals surface area contributed by atoms with Gasteiger partial charge in [0.25, 0.3) is 0 Å². The summed E-state index contributed by atoms with van der Waals surface area (Å²) < 4.78 is 45.4. The molecule has 1 N–H and O–H groups in total. The van der Waals surface area contributed by atoms with Crippen LogP contribution < -0.4 is 10.1 Å². The van der Waals surface area contributed by atoms with E-state index in [-0.39, 0.29) is 18.2 Å². The molecule has 5 nitrogen and oxygen atoms in total. The molecule has 0 aliphatic rings. The Labute approximate surface area is 137 Å². The minimum Gasteiger partial charge on any atom is -0.464 e. The lowest BCUT2D eigenvalue weighted by Crippen LogP contribution is -2.31. The van der Waals surface area contributed by atoms with Crippen molar-refractivity contribution < 1.29 is 27.1 Å². The smallest absolute Gasteiger partial charge is 0.464 e. The van der Waals surface area contributed by atoms with E-state index in [2.05, 4.69) is 10.1 Å². The minimum atomic E-state index is -4.72. The molecule has 0 unspecified atom stereocenters. The van der Waals surface area contributed by atoms with Crippen molar-refractivity contribution in [2.45, 2.75) is 19.8 Å². The fourth-order valence-electron chi connectivity index (χ4n) is 1.98. The number of anilines is 1. The molecule has 0 spiro atoms. The van der Waals surface area contributed by atoms with E-state index in [9.17, 15) is 18.0 Å². The lowest BCUT2D eigenvalue weighted by atomic mass is 10.3. The number of hydrogen-bond acceptors (Lipinski definition) is 4. The van der Waals surface area contributed by atoms with E-state index < -0.39 is 6.36 Å². The zero-order valence-corrected chi connectivity index (χ0v) is 13.2. The molecule has 2 aromatic rings. The van der Waals surface area contributed by atoms with Gasteiger partial charge in [-0.05, 0) is 43.3 Å². The van der Waals surface area contributed by atoms with Gasteiger partial charge in [-0.15, -0.1) is 13.2 Å². The number of aryl methyl sites for hydroxylation is 1. The van der Waals surface area contributed by atoms with E-state index in [0.717, 1.165) is 5.76 Å². The molecule has 1 heterocycles. The first-order valence-electron chi connectivity index (χ1n) is 7.12. The number of furan rings is 1. The highest BCUT2D eigenvalue weighted by molar-refractivity contribution is 5.80. The van der Waals surface area contributed by atoms with Gasteiger partial charge in [0.2, 0.25) is 5.91 Å². The van der Waals surface area contributed by atoms with Gasteiger partial charge in [0.1, 0.15) is 17.3 Å². The molecular formula is C16H17F3N2O3. The van der Waals surface area contributed by atoms with Crippen LogP contribution >= 0.6 is 0 Å². The van der Waals surface area contributed by atoms with Gasteiger partial charge in [0.15, 0.2) is 0 Å². The number of rotatable bonds is 6. The number of halogens is 3. The SMILES string of the molecule is Cc1ccc(CN(C)C(=O)CNc2ccc(OC(F)(F)F)cc2)o1. The van der Waals surface area contributed by atoms with E-state index in [1.807, 2.05) is 13.0 Å². The zero-order chi connectivity index (χ0) is 17.7. The van der Waals surface area contributed by atoms with Gasteiger partial charge >= 0.3 is 6.36 Å². The van der Waals surface area contributed by atoms with Gasteiger partial charge in [0, 0.05) is 12.7 Å². The van der Waals surface area contributed by atoms with Gasteiger partial charge in [-0.3, -0.25) is 4.79 Å². The summed E-state index contributed by atoms with van der Waals surface area (Å²) in [6, 6.07) is 8.78. The number of nitrogens with one attached hydrogen (secondary N) is 1. The minimum absolute atomic E-state index is 0.00959. The van der Waals surface area contributed by atoms with E-state index in [1.54, 1.807) is 13.1 Å². The van der Waals surface area contributed by atoms with Crippen LogP contribution in [0.4, 0.5) is 18.9 Å². The Kier molecular flexibility index (Phi) is 5.38. The van der Waals surface area contributed by atoms with Gasteiger partial charge in [-0.2, -0.15) is 0 Å². The average Bonchev–Trinajstić information content (AvgIpc) is 2.89. The topological polar surface area (TPSA) is 54.7 Å². The molecule has 0 aliphatic heterocycles. The Hall–Kier alpha value is -2.64. The van der Waals surface area contributed by atoms with Crippen LogP contribution in [0.1, 0.15) is 11.5 Å². The largest absolute Gasteiger partial charge is 0.573 e. The van der Waals surface area contributed by atoms with Crippen LogP contribution in [0.5, 0.6) is 5.75 Å². The average molecular weight is 342 g/mol. The van der Waals surface area contributed by atoms with E-state index in [4.69, 9.17) is 4.42 Å². The molecule has 2 rings (SSSR count). The van der Waals surface area contributed by atoms with Crippen molar-refractivity contribution in [1.29, 1.82) is 0 Å². The predicted octanol–water partition coefficient (Wildman–Crippen LogP) is 3.56. The maximum atomic E-state index is 12.1. The first-order valence-corrected chi connectivity index (χ1v) is 7.12. The van der Waals surface area contributed by atoms with Crippen molar-refractivity contribution in [1.82, 2.24) is 4.90 Å². The lowest BCUT2D eigenvalue weighted by molar-refractivity contribution is -0.274. The van der Waals surface area contributed by atoms with Crippen molar-refractivity contribution >= 4 is 11.6 Å². The molecule has 1 aromatic heterocycles. The summed E-state index contributed by atoms with van der Waals surface area (Å²) in [6.07, 6.45) is -4.72. The Balaban J connectivity index is 1.82. The summed E-state index contributed by atoms with van der Waals surface area (Å²) >= 11 is 0. The number of nitrogens with zero attached hydrogens (tertiary/aromatic N) is 1. The summed E-state index contributed by atoms with van der Waals surface area (Å²) in [7, 11) is 1.64. The van der Waals surface area contributed by atoms with Crippen LogP contribution in [-0.4, -0.2) is 30.8 Å². The molecule has 1 aromatic carbocycles. The maximum Gasteiger partial charge on any atom is 0.573 e. The number of carbonyl (C=O) groups is 1.